The highest BCUT2D eigenvalue weighted by atomic mass is 32.1. The average Bonchev–Trinajstić information content (AvgIpc) is 3.32. The van der Waals surface area contributed by atoms with Crippen LogP contribution in [0.25, 0.3) is 16.9 Å². The first-order valence-corrected chi connectivity index (χ1v) is 10.6. The molecule has 2 aromatic carbocycles. The number of aromatic nitrogens is 3. The summed E-state index contributed by atoms with van der Waals surface area (Å²) in [4.78, 5) is 16.5. The second-order valence-electron chi connectivity index (χ2n) is 7.22. The van der Waals surface area contributed by atoms with Crippen molar-refractivity contribution in [2.75, 3.05) is 5.32 Å². The molecule has 0 bridgehead atoms. The minimum atomic E-state index is -0.688. The molecular weight excluding hydrogens is 418 g/mol. The fraction of sp³-hybridized carbons (Fsp3) is 0.174. The highest BCUT2D eigenvalue weighted by Gasteiger charge is 2.12. The van der Waals surface area contributed by atoms with Crippen LogP contribution in [0.15, 0.2) is 53.9 Å². The first-order chi connectivity index (χ1) is 14.9. The molecule has 31 heavy (non-hydrogen) atoms. The van der Waals surface area contributed by atoms with Gasteiger partial charge in [0.1, 0.15) is 11.6 Å². The number of halogens is 2. The molecule has 158 valence electrons. The lowest BCUT2D eigenvalue weighted by Crippen LogP contribution is -2.12. The Balaban J connectivity index is 1.34. The first-order valence-electron chi connectivity index (χ1n) is 9.72. The summed E-state index contributed by atoms with van der Waals surface area (Å²) in [6.45, 7) is 3.96. The third kappa shape index (κ3) is 4.86. The number of anilines is 1. The first kappa shape index (κ1) is 20.9. The zero-order valence-electron chi connectivity index (χ0n) is 17.0. The quantitative estimate of drug-likeness (QED) is 0.435. The Kier molecular flexibility index (Phi) is 5.90. The van der Waals surface area contributed by atoms with E-state index in [0.29, 0.717) is 23.7 Å². The van der Waals surface area contributed by atoms with E-state index in [9.17, 15) is 13.6 Å². The number of rotatable bonds is 6. The van der Waals surface area contributed by atoms with Crippen LogP contribution in [0.5, 0.6) is 0 Å². The summed E-state index contributed by atoms with van der Waals surface area (Å²) >= 11 is 1.20. The molecule has 2 aromatic heterocycles. The van der Waals surface area contributed by atoms with Crippen LogP contribution in [0.2, 0.25) is 0 Å². The van der Waals surface area contributed by atoms with Gasteiger partial charge in [-0.15, -0.1) is 11.3 Å². The van der Waals surface area contributed by atoms with Crippen LogP contribution in [-0.4, -0.2) is 20.7 Å². The lowest BCUT2D eigenvalue weighted by Gasteiger charge is -2.06. The number of thiazole rings is 1. The minimum absolute atomic E-state index is 0.178. The summed E-state index contributed by atoms with van der Waals surface area (Å²) in [7, 11) is 0. The number of nitrogens with one attached hydrogen (secondary N) is 1. The molecular formula is C23H20F2N4OS. The van der Waals surface area contributed by atoms with Crippen molar-refractivity contribution in [1.82, 2.24) is 14.8 Å². The molecule has 2 heterocycles. The van der Waals surface area contributed by atoms with E-state index in [-0.39, 0.29) is 11.5 Å². The van der Waals surface area contributed by atoms with Gasteiger partial charge >= 0.3 is 0 Å². The molecule has 0 atom stereocenters. The van der Waals surface area contributed by atoms with E-state index in [2.05, 4.69) is 15.4 Å². The normalized spacial score (nSPS) is 11.0. The highest BCUT2D eigenvalue weighted by Crippen LogP contribution is 2.27. The minimum Gasteiger partial charge on any atom is -0.302 e. The van der Waals surface area contributed by atoms with Crippen molar-refractivity contribution < 1.29 is 13.6 Å². The van der Waals surface area contributed by atoms with Crippen molar-refractivity contribution in [2.45, 2.75) is 26.7 Å². The Morgan fingerprint density at radius 1 is 1.10 bits per heavy atom. The van der Waals surface area contributed by atoms with Crippen molar-refractivity contribution in [1.29, 1.82) is 0 Å². The second kappa shape index (κ2) is 8.77. The number of nitrogens with zero attached hydrogens (tertiary/aromatic N) is 3. The number of hydrogen-bond donors (Lipinski definition) is 1. The molecule has 0 aliphatic carbocycles. The van der Waals surface area contributed by atoms with Gasteiger partial charge < -0.3 is 5.32 Å². The molecule has 1 amide bonds. The third-order valence-electron chi connectivity index (χ3n) is 4.79. The van der Waals surface area contributed by atoms with Crippen LogP contribution in [0, 0.1) is 25.5 Å². The van der Waals surface area contributed by atoms with E-state index in [4.69, 9.17) is 0 Å². The summed E-state index contributed by atoms with van der Waals surface area (Å²) in [6.07, 6.45) is 0.868. The molecule has 0 saturated heterocycles. The van der Waals surface area contributed by atoms with Crippen LogP contribution in [0.1, 0.15) is 23.4 Å². The Hall–Kier alpha value is -3.39. The molecule has 0 fully saturated rings. The van der Waals surface area contributed by atoms with Crippen LogP contribution in [-0.2, 0) is 11.2 Å². The van der Waals surface area contributed by atoms with Gasteiger partial charge in [0.25, 0.3) is 0 Å². The van der Waals surface area contributed by atoms with Gasteiger partial charge in [0.15, 0.2) is 5.13 Å². The van der Waals surface area contributed by atoms with Crippen molar-refractivity contribution in [3.8, 4) is 16.9 Å². The number of amides is 1. The van der Waals surface area contributed by atoms with Gasteiger partial charge in [0.05, 0.1) is 17.1 Å². The molecule has 4 aromatic rings. The number of carbonyl (C=O) groups is 1. The predicted molar refractivity (Wildman–Crippen MR) is 117 cm³/mol. The molecule has 0 aliphatic rings. The van der Waals surface area contributed by atoms with Crippen LogP contribution in [0.3, 0.4) is 0 Å². The van der Waals surface area contributed by atoms with Gasteiger partial charge in [0, 0.05) is 29.1 Å². The number of aryl methyl sites for hydroxylation is 3. The Bertz CT molecular complexity index is 1230. The maximum Gasteiger partial charge on any atom is 0.226 e. The van der Waals surface area contributed by atoms with E-state index >= 15 is 0 Å². The van der Waals surface area contributed by atoms with Crippen LogP contribution >= 0.6 is 11.3 Å². The Morgan fingerprint density at radius 2 is 1.87 bits per heavy atom. The maximum atomic E-state index is 13.9. The molecule has 0 aliphatic heterocycles. The molecule has 8 heteroatoms. The molecule has 5 nitrogen and oxygen atoms in total. The maximum absolute atomic E-state index is 13.9. The number of hydrogen-bond acceptors (Lipinski definition) is 4. The zero-order valence-corrected chi connectivity index (χ0v) is 17.8. The summed E-state index contributed by atoms with van der Waals surface area (Å²) in [6, 6.07) is 13.3. The lowest BCUT2D eigenvalue weighted by atomic mass is 10.1. The van der Waals surface area contributed by atoms with E-state index in [1.165, 1.54) is 23.5 Å². The summed E-state index contributed by atoms with van der Waals surface area (Å²) < 4.78 is 28.9. The van der Waals surface area contributed by atoms with Crippen LogP contribution in [0.4, 0.5) is 13.9 Å². The smallest absolute Gasteiger partial charge is 0.226 e. The largest absolute Gasteiger partial charge is 0.302 e. The standard InChI is InChI=1S/C23H20F2N4OS/c1-14-11-15(2)29(28-14)18-7-3-16(4-8-18)5-10-22(30)27-23-26-21(13-31-23)19-9-6-17(24)12-20(19)25/h3-4,6-9,11-13H,5,10H2,1-2H3,(H,26,27,30). The zero-order chi connectivity index (χ0) is 22.0. The predicted octanol–water partition coefficient (Wildman–Crippen LogP) is 5.46. The molecule has 0 radical (unpaired) electrons. The van der Waals surface area contributed by atoms with Gasteiger partial charge in [-0.2, -0.15) is 5.10 Å². The third-order valence-corrected chi connectivity index (χ3v) is 5.55. The molecule has 0 saturated carbocycles. The van der Waals surface area contributed by atoms with E-state index in [1.54, 1.807) is 5.38 Å². The molecule has 0 spiro atoms. The van der Waals surface area contributed by atoms with E-state index in [0.717, 1.165) is 28.7 Å². The highest BCUT2D eigenvalue weighted by molar-refractivity contribution is 7.14. The average molecular weight is 439 g/mol. The Morgan fingerprint density at radius 3 is 2.55 bits per heavy atom. The summed E-state index contributed by atoms with van der Waals surface area (Å²) in [5, 5.41) is 9.21. The van der Waals surface area contributed by atoms with Crippen molar-refractivity contribution in [3.63, 3.8) is 0 Å². The fourth-order valence-electron chi connectivity index (χ4n) is 3.29. The number of benzene rings is 2. The molecule has 0 unspecified atom stereocenters. The van der Waals surface area contributed by atoms with E-state index < -0.39 is 11.6 Å². The van der Waals surface area contributed by atoms with Crippen molar-refractivity contribution in [2.24, 2.45) is 0 Å². The number of carbonyl (C=O) groups excluding carboxylic acids is 1. The van der Waals surface area contributed by atoms with Gasteiger partial charge in [0.2, 0.25) is 5.91 Å². The van der Waals surface area contributed by atoms with Gasteiger partial charge in [-0.05, 0) is 56.2 Å². The summed E-state index contributed by atoms with van der Waals surface area (Å²) in [5.41, 5.74) is 4.59. The summed E-state index contributed by atoms with van der Waals surface area (Å²) in [5.74, 6) is -1.51. The molecule has 4 rings (SSSR count). The van der Waals surface area contributed by atoms with Gasteiger partial charge in [-0.25, -0.2) is 18.4 Å². The van der Waals surface area contributed by atoms with Gasteiger partial charge in [-0.3, -0.25) is 4.79 Å². The van der Waals surface area contributed by atoms with Crippen molar-refractivity contribution in [3.05, 3.63) is 82.5 Å². The van der Waals surface area contributed by atoms with Crippen LogP contribution < -0.4 is 5.32 Å². The topological polar surface area (TPSA) is 59.8 Å². The fourth-order valence-corrected chi connectivity index (χ4v) is 4.01. The SMILES string of the molecule is Cc1cc(C)n(-c2ccc(CCC(=O)Nc3nc(-c4ccc(F)cc4F)cs3)cc2)n1. The van der Waals surface area contributed by atoms with Crippen molar-refractivity contribution >= 4 is 22.4 Å². The molecule has 1 N–H and O–H groups in total. The second-order valence-corrected chi connectivity index (χ2v) is 8.07. The monoisotopic (exact) mass is 438 g/mol. The Labute approximate surface area is 182 Å². The lowest BCUT2D eigenvalue weighted by molar-refractivity contribution is -0.116. The van der Waals surface area contributed by atoms with Gasteiger partial charge in [-0.1, -0.05) is 12.1 Å². The van der Waals surface area contributed by atoms with E-state index in [1.807, 2.05) is 48.9 Å².